The molecule has 1 aromatic rings. The van der Waals surface area contributed by atoms with E-state index in [-0.39, 0.29) is 0 Å². The molecule has 0 unspecified atom stereocenters. The van der Waals surface area contributed by atoms with E-state index in [9.17, 15) is 22.0 Å². The van der Waals surface area contributed by atoms with Gasteiger partial charge in [0, 0.05) is 11.6 Å². The average Bonchev–Trinajstić information content (AvgIpc) is 2.18. The van der Waals surface area contributed by atoms with Gasteiger partial charge in [-0.05, 0) is 0 Å². The van der Waals surface area contributed by atoms with E-state index in [0.29, 0.717) is 6.07 Å². The zero-order chi connectivity index (χ0) is 12.3. The van der Waals surface area contributed by atoms with Crippen LogP contribution in [0, 0.1) is 5.95 Å². The summed E-state index contributed by atoms with van der Waals surface area (Å²) < 4.78 is 64.2. The summed E-state index contributed by atoms with van der Waals surface area (Å²) in [5.41, 5.74) is -1.36. The van der Waals surface area contributed by atoms with E-state index < -0.39 is 42.6 Å². The lowest BCUT2D eigenvalue weighted by Gasteiger charge is -2.14. The summed E-state index contributed by atoms with van der Waals surface area (Å²) in [5.74, 6) is -2.19. The van der Waals surface area contributed by atoms with Crippen LogP contribution in [0.1, 0.15) is 11.3 Å². The minimum Gasteiger partial charge on any atom is -0.403 e. The summed E-state index contributed by atoms with van der Waals surface area (Å²) in [4.78, 5) is 2.91. The van der Waals surface area contributed by atoms with E-state index in [4.69, 9.17) is 5.11 Å². The van der Waals surface area contributed by atoms with Crippen LogP contribution in [-0.2, 0) is 13.3 Å². The number of aliphatic hydroxyl groups excluding tert-OH is 1. The molecule has 1 rings (SSSR count). The van der Waals surface area contributed by atoms with Crippen molar-refractivity contribution in [2.24, 2.45) is 0 Å². The second kappa shape index (κ2) is 4.60. The second-order valence-electron chi connectivity index (χ2n) is 2.72. The molecule has 0 saturated heterocycles. The molecule has 1 aromatic heterocycles. The quantitative estimate of drug-likeness (QED) is 0.652. The molecule has 1 N–H and O–H groups in total. The summed E-state index contributed by atoms with van der Waals surface area (Å²) in [6.45, 7) is -2.35. The molecule has 0 aliphatic rings. The predicted molar refractivity (Wildman–Crippen MR) is 41.6 cm³/mol. The Bertz CT molecular complexity index is 354. The molecule has 90 valence electrons. The minimum absolute atomic E-state index is 0.516. The number of pyridine rings is 1. The Morgan fingerprint density at radius 2 is 2.00 bits per heavy atom. The molecular formula is C8H6F5NO2. The maximum absolute atomic E-state index is 12.7. The Kier molecular flexibility index (Phi) is 3.63. The Morgan fingerprint density at radius 1 is 1.38 bits per heavy atom. The van der Waals surface area contributed by atoms with E-state index in [0.717, 1.165) is 0 Å². The van der Waals surface area contributed by atoms with Crippen molar-refractivity contribution in [1.82, 2.24) is 4.98 Å². The third-order valence-electron chi connectivity index (χ3n) is 1.60. The van der Waals surface area contributed by atoms with Crippen molar-refractivity contribution in [1.29, 1.82) is 0 Å². The molecule has 0 atom stereocenters. The Labute approximate surface area is 86.5 Å². The summed E-state index contributed by atoms with van der Waals surface area (Å²) in [6, 6.07) is 0.542. The molecule has 0 bridgehead atoms. The Hall–Kier alpha value is -1.44. The Balaban J connectivity index is 3.22. The fraction of sp³-hybridized carbons (Fsp3) is 0.375. The van der Waals surface area contributed by atoms with Gasteiger partial charge in [0.1, 0.15) is 12.4 Å². The normalized spacial score (nSPS) is 11.6. The third kappa shape index (κ3) is 3.02. The van der Waals surface area contributed by atoms with Gasteiger partial charge in [-0.3, -0.25) is 0 Å². The van der Waals surface area contributed by atoms with Gasteiger partial charge in [0.15, 0.2) is 5.75 Å². The van der Waals surface area contributed by atoms with Crippen molar-refractivity contribution >= 4 is 0 Å². The largest absolute Gasteiger partial charge is 0.573 e. The van der Waals surface area contributed by atoms with Crippen LogP contribution in [0.3, 0.4) is 0 Å². The van der Waals surface area contributed by atoms with Crippen molar-refractivity contribution in [3.05, 3.63) is 23.3 Å². The van der Waals surface area contributed by atoms with Crippen LogP contribution < -0.4 is 4.74 Å². The van der Waals surface area contributed by atoms with Gasteiger partial charge in [-0.2, -0.15) is 4.39 Å². The first-order valence-corrected chi connectivity index (χ1v) is 3.98. The summed E-state index contributed by atoms with van der Waals surface area (Å²) >= 11 is 0. The van der Waals surface area contributed by atoms with Crippen molar-refractivity contribution in [2.45, 2.75) is 19.6 Å². The number of halogens is 5. The fourth-order valence-corrected chi connectivity index (χ4v) is 1.05. The molecule has 16 heavy (non-hydrogen) atoms. The van der Waals surface area contributed by atoms with Crippen LogP contribution in [0.5, 0.6) is 5.75 Å². The number of hydrogen-bond donors (Lipinski definition) is 1. The number of alkyl halides is 4. The predicted octanol–water partition coefficient (Wildman–Crippen LogP) is 2.08. The van der Waals surface area contributed by atoms with Crippen molar-refractivity contribution in [3.8, 4) is 5.75 Å². The summed E-state index contributed by atoms with van der Waals surface area (Å²) in [7, 11) is 0. The second-order valence-corrected chi connectivity index (χ2v) is 2.72. The molecule has 0 saturated carbocycles. The van der Waals surface area contributed by atoms with Gasteiger partial charge in [-0.15, -0.1) is 13.2 Å². The van der Waals surface area contributed by atoms with E-state index >= 15 is 0 Å². The van der Waals surface area contributed by atoms with Gasteiger partial charge in [-0.1, -0.05) is 0 Å². The van der Waals surface area contributed by atoms with Gasteiger partial charge >= 0.3 is 6.36 Å². The molecule has 3 nitrogen and oxygen atoms in total. The standard InChI is InChI=1S/C8H6F5NO2/c9-2-5-7(16-8(11,12)13)4(3-15)1-6(10)14-5/h1,15H,2-3H2. The van der Waals surface area contributed by atoms with Gasteiger partial charge < -0.3 is 9.84 Å². The summed E-state index contributed by atoms with van der Waals surface area (Å²) in [6.07, 6.45) is -5.06. The first kappa shape index (κ1) is 12.6. The number of hydrogen-bond acceptors (Lipinski definition) is 3. The van der Waals surface area contributed by atoms with Crippen LogP contribution in [0.25, 0.3) is 0 Å². The monoisotopic (exact) mass is 243 g/mol. The highest BCUT2D eigenvalue weighted by molar-refractivity contribution is 5.36. The average molecular weight is 243 g/mol. The lowest BCUT2D eigenvalue weighted by Crippen LogP contribution is -2.20. The van der Waals surface area contributed by atoms with Crippen LogP contribution in [0.2, 0.25) is 0 Å². The van der Waals surface area contributed by atoms with Gasteiger partial charge in [0.25, 0.3) is 0 Å². The number of aliphatic hydroxyl groups is 1. The lowest BCUT2D eigenvalue weighted by atomic mass is 10.2. The topological polar surface area (TPSA) is 42.4 Å². The van der Waals surface area contributed by atoms with E-state index in [2.05, 4.69) is 9.72 Å². The Morgan fingerprint density at radius 3 is 2.44 bits per heavy atom. The van der Waals surface area contributed by atoms with Crippen molar-refractivity contribution in [3.63, 3.8) is 0 Å². The maximum Gasteiger partial charge on any atom is 0.573 e. The molecule has 0 aromatic carbocycles. The molecule has 0 fully saturated rings. The molecule has 0 aliphatic carbocycles. The molecule has 0 aliphatic heterocycles. The minimum atomic E-state index is -5.06. The van der Waals surface area contributed by atoms with Crippen LogP contribution >= 0.6 is 0 Å². The molecule has 0 radical (unpaired) electrons. The van der Waals surface area contributed by atoms with Crippen molar-refractivity contribution < 1.29 is 31.8 Å². The van der Waals surface area contributed by atoms with Gasteiger partial charge in [-0.25, -0.2) is 9.37 Å². The molecule has 8 heteroatoms. The van der Waals surface area contributed by atoms with Crippen LogP contribution in [0.4, 0.5) is 22.0 Å². The highest BCUT2D eigenvalue weighted by Gasteiger charge is 2.34. The zero-order valence-electron chi connectivity index (χ0n) is 7.68. The highest BCUT2D eigenvalue weighted by Crippen LogP contribution is 2.30. The SMILES string of the molecule is OCc1cc(F)nc(CF)c1OC(F)(F)F. The summed E-state index contributed by atoms with van der Waals surface area (Å²) in [5, 5.41) is 8.70. The first-order chi connectivity index (χ1) is 7.37. The van der Waals surface area contributed by atoms with Crippen LogP contribution in [0.15, 0.2) is 6.07 Å². The van der Waals surface area contributed by atoms with Gasteiger partial charge in [0.2, 0.25) is 5.95 Å². The fourth-order valence-electron chi connectivity index (χ4n) is 1.05. The molecule has 0 amide bonds. The molecule has 1 heterocycles. The third-order valence-corrected chi connectivity index (χ3v) is 1.60. The van der Waals surface area contributed by atoms with E-state index in [1.165, 1.54) is 0 Å². The first-order valence-electron chi connectivity index (χ1n) is 3.98. The lowest BCUT2D eigenvalue weighted by molar-refractivity contribution is -0.275. The smallest absolute Gasteiger partial charge is 0.403 e. The number of aromatic nitrogens is 1. The van der Waals surface area contributed by atoms with E-state index in [1.54, 1.807) is 0 Å². The molecular weight excluding hydrogens is 237 g/mol. The van der Waals surface area contributed by atoms with E-state index in [1.807, 2.05) is 0 Å². The zero-order valence-corrected chi connectivity index (χ0v) is 7.68. The van der Waals surface area contributed by atoms with Crippen LogP contribution in [-0.4, -0.2) is 16.5 Å². The highest BCUT2D eigenvalue weighted by atomic mass is 19.4. The molecule has 0 spiro atoms. The number of rotatable bonds is 3. The number of nitrogens with zero attached hydrogens (tertiary/aromatic N) is 1. The van der Waals surface area contributed by atoms with Gasteiger partial charge in [0.05, 0.1) is 6.61 Å². The maximum atomic E-state index is 12.7. The number of ether oxygens (including phenoxy) is 1. The van der Waals surface area contributed by atoms with Crippen molar-refractivity contribution in [2.75, 3.05) is 0 Å².